The second-order valence-electron chi connectivity index (χ2n) is 2.47. The molecule has 0 atom stereocenters. The molecule has 0 aliphatic rings. The van der Waals surface area contributed by atoms with Gasteiger partial charge in [-0.05, 0) is 12.8 Å². The second kappa shape index (κ2) is 7.25. The summed E-state index contributed by atoms with van der Waals surface area (Å²) in [5.74, 6) is 0.0580. The Labute approximate surface area is 67.9 Å². The van der Waals surface area contributed by atoms with Crippen LogP contribution in [0.2, 0.25) is 0 Å². The number of carbonyl (C=O) groups is 1. The number of rotatable bonds is 5. The van der Waals surface area contributed by atoms with E-state index in [9.17, 15) is 4.79 Å². The summed E-state index contributed by atoms with van der Waals surface area (Å²) in [6.07, 6.45) is 5.27. The van der Waals surface area contributed by atoms with E-state index in [4.69, 9.17) is 0 Å². The fraction of sp³-hybridized carbons (Fsp3) is 0.750. The SMILES string of the molecule is [13CH3][NH+]=CCCCCNC([13CH3])=O. The zero-order valence-electron chi connectivity index (χ0n) is 7.31. The fourth-order valence-corrected chi connectivity index (χ4v) is 0.780. The van der Waals surface area contributed by atoms with E-state index in [1.165, 1.54) is 0 Å². The Morgan fingerprint density at radius 2 is 2.27 bits per heavy atom. The lowest BCUT2D eigenvalue weighted by Gasteiger charge is -1.98. The third-order valence-corrected chi connectivity index (χ3v) is 1.35. The van der Waals surface area contributed by atoms with Crippen molar-refractivity contribution in [3.8, 4) is 0 Å². The van der Waals surface area contributed by atoms with Gasteiger partial charge in [-0.2, -0.15) is 0 Å². The molecule has 2 N–H and O–H groups in total. The molecule has 0 spiro atoms. The summed E-state index contributed by atoms with van der Waals surface area (Å²) in [5.41, 5.74) is 0. The molecule has 0 radical (unpaired) electrons. The average Bonchev–Trinajstić information content (AvgIpc) is 1.96. The first kappa shape index (κ1) is 10.1. The van der Waals surface area contributed by atoms with Gasteiger partial charge in [0.2, 0.25) is 5.91 Å². The van der Waals surface area contributed by atoms with Crippen molar-refractivity contribution in [2.24, 2.45) is 0 Å². The minimum Gasteiger partial charge on any atom is -0.356 e. The Morgan fingerprint density at radius 1 is 1.55 bits per heavy atom. The highest BCUT2D eigenvalue weighted by Gasteiger charge is 1.90. The van der Waals surface area contributed by atoms with Gasteiger partial charge in [-0.3, -0.25) is 9.79 Å². The minimum absolute atomic E-state index is 0.0580. The maximum Gasteiger partial charge on any atom is 0.216 e. The Kier molecular flexibility index (Phi) is 6.68. The molecule has 0 heterocycles. The van der Waals surface area contributed by atoms with Gasteiger partial charge in [0.1, 0.15) is 13.3 Å². The highest BCUT2D eigenvalue weighted by atomic mass is 16.2. The van der Waals surface area contributed by atoms with Crippen LogP contribution in [0.3, 0.4) is 0 Å². The molecule has 1 amide bonds. The van der Waals surface area contributed by atoms with Crippen molar-refractivity contribution in [2.75, 3.05) is 13.6 Å². The number of hydrogen-bond acceptors (Lipinski definition) is 1. The van der Waals surface area contributed by atoms with Gasteiger partial charge in [0.05, 0.1) is 0 Å². The number of nitrogens with one attached hydrogen (secondary N) is 2. The first-order valence-electron chi connectivity index (χ1n) is 4.00. The Morgan fingerprint density at radius 3 is 2.82 bits per heavy atom. The molecule has 0 aromatic heterocycles. The van der Waals surface area contributed by atoms with Crippen molar-refractivity contribution < 1.29 is 9.79 Å². The molecule has 0 aromatic carbocycles. The van der Waals surface area contributed by atoms with Gasteiger partial charge in [-0.1, -0.05) is 0 Å². The lowest BCUT2D eigenvalue weighted by molar-refractivity contribution is -0.415. The lowest BCUT2D eigenvalue weighted by Crippen LogP contribution is -2.62. The predicted molar refractivity (Wildman–Crippen MR) is 45.5 cm³/mol. The van der Waals surface area contributed by atoms with E-state index in [-0.39, 0.29) is 5.91 Å². The molecule has 0 rings (SSSR count). The van der Waals surface area contributed by atoms with E-state index in [1.807, 2.05) is 13.3 Å². The number of unbranched alkanes of at least 4 members (excludes halogenated alkanes) is 2. The van der Waals surface area contributed by atoms with Crippen LogP contribution in [0.25, 0.3) is 0 Å². The summed E-state index contributed by atoms with van der Waals surface area (Å²) in [5, 5.41) is 2.75. The quantitative estimate of drug-likeness (QED) is 0.304. The minimum atomic E-state index is 0.0580. The topological polar surface area (TPSA) is 43.1 Å². The Balaban J connectivity index is 2.96. The van der Waals surface area contributed by atoms with E-state index in [0.717, 1.165) is 25.8 Å². The van der Waals surface area contributed by atoms with Crippen molar-refractivity contribution in [3.63, 3.8) is 0 Å². The molecule has 0 saturated carbocycles. The number of hydrogen-bond donors (Lipinski definition) is 2. The van der Waals surface area contributed by atoms with Gasteiger partial charge in [-0.25, -0.2) is 0 Å². The number of carbonyl (C=O) groups excluding carboxylic acids is 1. The van der Waals surface area contributed by atoms with Crippen molar-refractivity contribution in [1.29, 1.82) is 0 Å². The normalized spacial score (nSPS) is 10.4. The lowest BCUT2D eigenvalue weighted by atomic mass is 10.2. The molecule has 0 aliphatic heterocycles. The van der Waals surface area contributed by atoms with Gasteiger partial charge in [0, 0.05) is 19.9 Å². The highest BCUT2D eigenvalue weighted by molar-refractivity contribution is 5.72. The summed E-state index contributed by atoms with van der Waals surface area (Å²) in [6.45, 7) is 2.34. The third-order valence-electron chi connectivity index (χ3n) is 1.35. The van der Waals surface area contributed by atoms with Gasteiger partial charge < -0.3 is 5.32 Å². The highest BCUT2D eigenvalue weighted by Crippen LogP contribution is 1.88. The van der Waals surface area contributed by atoms with Gasteiger partial charge in [-0.15, -0.1) is 0 Å². The van der Waals surface area contributed by atoms with Crippen LogP contribution < -0.4 is 10.3 Å². The molecular formula is C8H17N2O+. The van der Waals surface area contributed by atoms with E-state index in [2.05, 4.69) is 10.3 Å². The summed E-state index contributed by atoms with van der Waals surface area (Å²) >= 11 is 0. The molecule has 0 bridgehead atoms. The molecule has 0 saturated heterocycles. The van der Waals surface area contributed by atoms with Crippen LogP contribution in [0.1, 0.15) is 26.2 Å². The van der Waals surface area contributed by atoms with Crippen LogP contribution in [0.4, 0.5) is 0 Å². The Bertz CT molecular complexity index is 132. The van der Waals surface area contributed by atoms with Crippen LogP contribution in [-0.4, -0.2) is 25.7 Å². The van der Waals surface area contributed by atoms with Crippen molar-refractivity contribution in [1.82, 2.24) is 5.32 Å². The molecule has 11 heavy (non-hydrogen) atoms. The number of amides is 1. The van der Waals surface area contributed by atoms with Gasteiger partial charge >= 0.3 is 0 Å². The largest absolute Gasteiger partial charge is 0.356 e. The van der Waals surface area contributed by atoms with E-state index >= 15 is 0 Å². The van der Waals surface area contributed by atoms with Crippen molar-refractivity contribution >= 4 is 12.1 Å². The molecule has 0 aliphatic carbocycles. The predicted octanol–water partition coefficient (Wildman–Crippen LogP) is -0.926. The summed E-state index contributed by atoms with van der Waals surface area (Å²) in [7, 11) is 1.90. The van der Waals surface area contributed by atoms with E-state index < -0.39 is 0 Å². The van der Waals surface area contributed by atoms with Gasteiger partial charge in [0.25, 0.3) is 0 Å². The zero-order chi connectivity index (χ0) is 8.53. The summed E-state index contributed by atoms with van der Waals surface area (Å²) in [4.78, 5) is 13.4. The maximum atomic E-state index is 10.4. The molecule has 0 unspecified atom stereocenters. The summed E-state index contributed by atoms with van der Waals surface area (Å²) < 4.78 is 0. The molecular weight excluding hydrogens is 142 g/mol. The smallest absolute Gasteiger partial charge is 0.216 e. The van der Waals surface area contributed by atoms with Crippen molar-refractivity contribution in [3.05, 3.63) is 0 Å². The molecule has 3 heteroatoms. The van der Waals surface area contributed by atoms with Crippen LogP contribution in [0.5, 0.6) is 0 Å². The molecule has 0 aromatic rings. The van der Waals surface area contributed by atoms with Crippen LogP contribution in [0, 0.1) is 0 Å². The van der Waals surface area contributed by atoms with Crippen LogP contribution >= 0.6 is 0 Å². The first-order valence-corrected chi connectivity index (χ1v) is 4.00. The third kappa shape index (κ3) is 9.14. The molecule has 3 nitrogen and oxygen atoms in total. The average molecular weight is 159 g/mol. The first-order chi connectivity index (χ1) is 5.27. The fourth-order valence-electron chi connectivity index (χ4n) is 0.780. The second-order valence-corrected chi connectivity index (χ2v) is 2.47. The van der Waals surface area contributed by atoms with Gasteiger partial charge in [0.15, 0.2) is 0 Å². The van der Waals surface area contributed by atoms with E-state index in [0.29, 0.717) is 0 Å². The van der Waals surface area contributed by atoms with E-state index in [1.54, 1.807) is 6.92 Å². The molecule has 64 valence electrons. The van der Waals surface area contributed by atoms with Crippen LogP contribution in [0.15, 0.2) is 0 Å². The maximum absolute atomic E-state index is 10.4. The van der Waals surface area contributed by atoms with Crippen molar-refractivity contribution in [2.45, 2.75) is 26.2 Å². The monoisotopic (exact) mass is 159 g/mol. The standard InChI is InChI=1S/C8H16N2O/c1-8(11)10-7-5-3-4-6-9-2/h6H,3-5,7H2,1-2H3,(H,10,11)/p+1/i1+1,2+1. The van der Waals surface area contributed by atoms with Crippen LogP contribution in [-0.2, 0) is 4.79 Å². The Hall–Kier alpha value is -0.860. The molecule has 0 fully saturated rings. The summed E-state index contributed by atoms with van der Waals surface area (Å²) in [6, 6.07) is 0. The zero-order valence-corrected chi connectivity index (χ0v) is 7.31.